The third-order valence-electron chi connectivity index (χ3n) is 4.81. The van der Waals surface area contributed by atoms with Crippen molar-refractivity contribution in [3.05, 3.63) is 64.6 Å². The van der Waals surface area contributed by atoms with Crippen LogP contribution in [0, 0.1) is 0 Å². The number of hydrogen-bond donors (Lipinski definition) is 3. The Labute approximate surface area is 194 Å². The summed E-state index contributed by atoms with van der Waals surface area (Å²) in [5.74, 6) is -3.85. The van der Waals surface area contributed by atoms with Crippen molar-refractivity contribution in [2.75, 3.05) is 18.6 Å². The third-order valence-corrected chi connectivity index (χ3v) is 4.81. The van der Waals surface area contributed by atoms with Crippen LogP contribution in [-0.2, 0) is 30.5 Å². The highest BCUT2D eigenvalue weighted by Gasteiger charge is 2.29. The second kappa shape index (κ2) is 13.0. The molecule has 1 aromatic heterocycles. The number of anilines is 1. The number of nitrogens with one attached hydrogen (secondary N) is 2. The summed E-state index contributed by atoms with van der Waals surface area (Å²) in [7, 11) is 0. The Bertz CT molecular complexity index is 1070. The molecule has 0 saturated carbocycles. The number of ketones is 1. The van der Waals surface area contributed by atoms with Gasteiger partial charge in [-0.15, -0.1) is 0 Å². The minimum Gasteiger partial charge on any atom is -0.481 e. The number of halogens is 1. The predicted octanol–water partition coefficient (Wildman–Crippen LogP) is 1.45. The Morgan fingerprint density at radius 3 is 2.44 bits per heavy atom. The van der Waals surface area contributed by atoms with Crippen molar-refractivity contribution in [2.45, 2.75) is 38.5 Å². The highest BCUT2D eigenvalue weighted by Crippen LogP contribution is 2.12. The minimum atomic E-state index is -1.62. The molecule has 0 aliphatic rings. The van der Waals surface area contributed by atoms with E-state index >= 15 is 0 Å². The minimum absolute atomic E-state index is 0.0721. The lowest BCUT2D eigenvalue weighted by atomic mass is 10.1. The highest BCUT2D eigenvalue weighted by molar-refractivity contribution is 5.93. The fourth-order valence-electron chi connectivity index (χ4n) is 3.02. The molecule has 1 unspecified atom stereocenters. The largest absolute Gasteiger partial charge is 0.481 e. The molecule has 2 atom stereocenters. The van der Waals surface area contributed by atoms with Crippen LogP contribution in [0.15, 0.2) is 53.5 Å². The number of carbonyl (C=O) groups excluding carboxylic acids is 3. The first-order valence-electron chi connectivity index (χ1n) is 10.5. The zero-order valence-electron chi connectivity index (χ0n) is 18.5. The second-order valence-corrected chi connectivity index (χ2v) is 7.31. The zero-order valence-corrected chi connectivity index (χ0v) is 18.5. The van der Waals surface area contributed by atoms with E-state index in [1.165, 1.54) is 18.3 Å². The molecule has 10 nitrogen and oxygen atoms in total. The molecule has 2 rings (SSSR count). The Balaban J connectivity index is 2.33. The number of hydrogen-bond acceptors (Lipinski definition) is 6. The van der Waals surface area contributed by atoms with Crippen molar-refractivity contribution in [1.82, 2.24) is 9.88 Å². The van der Waals surface area contributed by atoms with E-state index in [-0.39, 0.29) is 25.3 Å². The van der Waals surface area contributed by atoms with Crippen molar-refractivity contribution in [3.63, 3.8) is 0 Å². The van der Waals surface area contributed by atoms with Gasteiger partial charge in [-0.05, 0) is 17.7 Å². The fourth-order valence-corrected chi connectivity index (χ4v) is 3.02. The average Bonchev–Trinajstić information content (AvgIpc) is 2.82. The normalized spacial score (nSPS) is 12.4. The molecular formula is C23H26FN3O7. The number of carboxylic acid groups (broad SMARTS) is 1. The Morgan fingerprint density at radius 2 is 1.82 bits per heavy atom. The van der Waals surface area contributed by atoms with E-state index < -0.39 is 54.3 Å². The average molecular weight is 475 g/mol. The molecule has 2 amide bonds. The van der Waals surface area contributed by atoms with Crippen LogP contribution in [0.4, 0.5) is 10.1 Å². The van der Waals surface area contributed by atoms with Gasteiger partial charge in [0.15, 0.2) is 5.78 Å². The highest BCUT2D eigenvalue weighted by atomic mass is 19.1. The van der Waals surface area contributed by atoms with Crippen LogP contribution in [-0.4, -0.2) is 52.6 Å². The summed E-state index contributed by atoms with van der Waals surface area (Å²) in [6.45, 7) is -0.0795. The van der Waals surface area contributed by atoms with Gasteiger partial charge in [-0.1, -0.05) is 37.3 Å². The van der Waals surface area contributed by atoms with Gasteiger partial charge in [-0.3, -0.25) is 28.5 Å². The summed E-state index contributed by atoms with van der Waals surface area (Å²) in [6.07, 6.45) is 0.595. The maximum absolute atomic E-state index is 13.0. The molecule has 0 fully saturated rings. The molecule has 0 aliphatic heterocycles. The van der Waals surface area contributed by atoms with Crippen molar-refractivity contribution in [3.8, 4) is 0 Å². The first-order chi connectivity index (χ1) is 16.3. The number of aliphatic carboxylic acids is 1. The molecule has 1 aromatic carbocycles. The van der Waals surface area contributed by atoms with Gasteiger partial charge in [-0.2, -0.15) is 0 Å². The molecule has 0 saturated heterocycles. The zero-order chi connectivity index (χ0) is 25.1. The van der Waals surface area contributed by atoms with Crippen molar-refractivity contribution < 1.29 is 33.4 Å². The molecule has 0 bridgehead atoms. The Hall–Kier alpha value is -3.86. The lowest BCUT2D eigenvalue weighted by Gasteiger charge is -2.23. The van der Waals surface area contributed by atoms with Gasteiger partial charge in [-0.25, -0.2) is 4.39 Å². The molecule has 0 radical (unpaired) electrons. The van der Waals surface area contributed by atoms with Crippen LogP contribution in [0.2, 0.25) is 0 Å². The molecule has 3 N–H and O–H groups in total. The first kappa shape index (κ1) is 26.4. The maximum atomic E-state index is 13.0. The number of benzene rings is 1. The van der Waals surface area contributed by atoms with Crippen LogP contribution in [0.5, 0.6) is 0 Å². The molecule has 0 spiro atoms. The summed E-state index contributed by atoms with van der Waals surface area (Å²) in [5.41, 5.74) is 0.0193. The molecular weight excluding hydrogens is 449 g/mol. The summed E-state index contributed by atoms with van der Waals surface area (Å²) < 4.78 is 19.5. The second-order valence-electron chi connectivity index (χ2n) is 7.31. The number of rotatable bonds is 13. The number of carboxylic acids is 1. The Kier molecular flexibility index (Phi) is 10.1. The number of aromatic nitrogens is 1. The van der Waals surface area contributed by atoms with Gasteiger partial charge < -0.3 is 20.5 Å². The van der Waals surface area contributed by atoms with Gasteiger partial charge in [0.25, 0.3) is 5.56 Å². The fraction of sp³-hybridized carbons (Fsp3) is 0.348. The van der Waals surface area contributed by atoms with Gasteiger partial charge in [0, 0.05) is 12.6 Å². The number of Topliss-reactive ketones (excluding diaryl/α,β-unsaturated/α-hetero) is 1. The van der Waals surface area contributed by atoms with Crippen LogP contribution in [0.1, 0.15) is 31.4 Å². The number of nitrogens with zero attached hydrogens (tertiary/aromatic N) is 1. The van der Waals surface area contributed by atoms with Crippen LogP contribution < -0.4 is 16.2 Å². The van der Waals surface area contributed by atoms with E-state index in [4.69, 9.17) is 9.84 Å². The van der Waals surface area contributed by atoms with Crippen LogP contribution in [0.3, 0.4) is 0 Å². The van der Waals surface area contributed by atoms with Crippen LogP contribution >= 0.6 is 0 Å². The molecule has 1 heterocycles. The van der Waals surface area contributed by atoms with Crippen LogP contribution in [0.25, 0.3) is 0 Å². The summed E-state index contributed by atoms with van der Waals surface area (Å²) in [5, 5.41) is 13.7. The summed E-state index contributed by atoms with van der Waals surface area (Å²) in [4.78, 5) is 60.6. The predicted molar refractivity (Wildman–Crippen MR) is 120 cm³/mol. The maximum Gasteiger partial charge on any atom is 0.305 e. The lowest BCUT2D eigenvalue weighted by molar-refractivity contribution is -0.140. The van der Waals surface area contributed by atoms with Crippen molar-refractivity contribution in [1.29, 1.82) is 0 Å². The summed E-state index contributed by atoms with van der Waals surface area (Å²) >= 11 is 0. The van der Waals surface area contributed by atoms with E-state index in [1.54, 1.807) is 31.2 Å². The quantitative estimate of drug-likeness (QED) is 0.398. The Morgan fingerprint density at radius 1 is 1.12 bits per heavy atom. The summed E-state index contributed by atoms with van der Waals surface area (Å²) in [6, 6.07) is 8.86. The smallest absolute Gasteiger partial charge is 0.305 e. The monoisotopic (exact) mass is 475 g/mol. The van der Waals surface area contributed by atoms with Crippen molar-refractivity contribution in [2.24, 2.45) is 0 Å². The topological polar surface area (TPSA) is 144 Å². The van der Waals surface area contributed by atoms with E-state index in [0.717, 1.165) is 10.1 Å². The standard InChI is InChI=1S/C23H26FN3O7/c1-2-20(29)25-16-9-6-10-27(23(16)33)18(14-34-13-15-7-4-3-5-8-15)22(32)26-17(11-21(30)31)19(28)12-24/h3-10,17-18H,2,11-14H2,1H3,(H,25,29)(H,26,32)(H,30,31)/t17?,18-/m0/s1. The molecule has 34 heavy (non-hydrogen) atoms. The van der Waals surface area contributed by atoms with Gasteiger partial charge in [0.05, 0.1) is 19.6 Å². The number of pyridine rings is 1. The van der Waals surface area contributed by atoms with Gasteiger partial charge in [0.1, 0.15) is 24.4 Å². The molecule has 2 aromatic rings. The number of carbonyl (C=O) groups is 4. The van der Waals surface area contributed by atoms with E-state index in [0.29, 0.717) is 0 Å². The first-order valence-corrected chi connectivity index (χ1v) is 10.5. The lowest BCUT2D eigenvalue weighted by Crippen LogP contribution is -2.48. The number of ether oxygens (including phenoxy) is 1. The van der Waals surface area contributed by atoms with Crippen molar-refractivity contribution >= 4 is 29.3 Å². The third kappa shape index (κ3) is 7.62. The van der Waals surface area contributed by atoms with E-state index in [9.17, 15) is 28.4 Å². The van der Waals surface area contributed by atoms with Gasteiger partial charge >= 0.3 is 5.97 Å². The number of alkyl halides is 1. The SMILES string of the molecule is CCC(=O)Nc1cccn([C@@H](COCc2ccccc2)C(=O)NC(CC(=O)O)C(=O)CF)c1=O. The van der Waals surface area contributed by atoms with Gasteiger partial charge in [0.2, 0.25) is 11.8 Å². The van der Waals surface area contributed by atoms with E-state index in [1.807, 2.05) is 6.07 Å². The number of amides is 2. The molecule has 0 aliphatic carbocycles. The molecule has 182 valence electrons. The van der Waals surface area contributed by atoms with E-state index in [2.05, 4.69) is 10.6 Å². The molecule has 11 heteroatoms.